The predicted octanol–water partition coefficient (Wildman–Crippen LogP) is 2.75. The van der Waals surface area contributed by atoms with Crippen LogP contribution in [0.4, 0.5) is 10.1 Å². The van der Waals surface area contributed by atoms with Crippen molar-refractivity contribution in [3.63, 3.8) is 0 Å². The van der Waals surface area contributed by atoms with Crippen LogP contribution < -0.4 is 9.64 Å². The van der Waals surface area contributed by atoms with Crippen molar-refractivity contribution in [1.82, 2.24) is 0 Å². The van der Waals surface area contributed by atoms with E-state index in [4.69, 9.17) is 4.74 Å². The third-order valence-electron chi connectivity index (χ3n) is 3.05. The number of rotatable bonds is 2. The molecule has 2 aromatic rings. The summed E-state index contributed by atoms with van der Waals surface area (Å²) in [6.07, 6.45) is 0. The molecule has 19 heavy (non-hydrogen) atoms. The van der Waals surface area contributed by atoms with Crippen LogP contribution in [0, 0.1) is 5.82 Å². The quantitative estimate of drug-likeness (QED) is 0.828. The summed E-state index contributed by atoms with van der Waals surface area (Å²) in [6.45, 7) is 0.408. The van der Waals surface area contributed by atoms with Crippen molar-refractivity contribution in [2.24, 2.45) is 0 Å². The summed E-state index contributed by atoms with van der Waals surface area (Å²) in [7, 11) is 0. The second-order valence-corrected chi connectivity index (χ2v) is 4.37. The van der Waals surface area contributed by atoms with Crippen molar-refractivity contribution in [3.05, 3.63) is 59.9 Å². The highest BCUT2D eigenvalue weighted by Crippen LogP contribution is 2.33. The Bertz CT molecular complexity index is 613. The molecule has 0 radical (unpaired) electrons. The van der Waals surface area contributed by atoms with Crippen LogP contribution in [0.5, 0.6) is 5.75 Å². The van der Waals surface area contributed by atoms with E-state index < -0.39 is 0 Å². The molecule has 1 aliphatic heterocycles. The first-order valence-electron chi connectivity index (χ1n) is 6.01. The molecule has 3 nitrogen and oxygen atoms in total. The molecule has 0 fully saturated rings. The molecule has 1 aliphatic rings. The zero-order chi connectivity index (χ0) is 13.2. The van der Waals surface area contributed by atoms with Gasteiger partial charge in [-0.25, -0.2) is 4.39 Å². The molecule has 3 rings (SSSR count). The average Bonchev–Trinajstić information content (AvgIpc) is 2.43. The van der Waals surface area contributed by atoms with E-state index in [0.29, 0.717) is 18.0 Å². The van der Waals surface area contributed by atoms with E-state index in [0.717, 1.165) is 5.56 Å². The van der Waals surface area contributed by atoms with Gasteiger partial charge in [-0.05, 0) is 17.7 Å². The smallest absolute Gasteiger partial charge is 0.265 e. The molecular formula is C15H12FNO2. The van der Waals surface area contributed by atoms with E-state index in [2.05, 4.69) is 0 Å². The van der Waals surface area contributed by atoms with Gasteiger partial charge in [0.15, 0.2) is 6.61 Å². The highest BCUT2D eigenvalue weighted by Gasteiger charge is 2.25. The van der Waals surface area contributed by atoms with Gasteiger partial charge in [-0.1, -0.05) is 30.3 Å². The van der Waals surface area contributed by atoms with Crippen LogP contribution in [0.15, 0.2) is 48.5 Å². The van der Waals surface area contributed by atoms with Crippen LogP contribution in [-0.4, -0.2) is 12.5 Å². The fourth-order valence-electron chi connectivity index (χ4n) is 2.11. The lowest BCUT2D eigenvalue weighted by Crippen LogP contribution is -2.38. The maximum Gasteiger partial charge on any atom is 0.265 e. The second-order valence-electron chi connectivity index (χ2n) is 4.37. The molecule has 0 spiro atoms. The largest absolute Gasteiger partial charge is 0.482 e. The Kier molecular flexibility index (Phi) is 2.91. The van der Waals surface area contributed by atoms with Crippen molar-refractivity contribution < 1.29 is 13.9 Å². The molecule has 0 aliphatic carbocycles. The van der Waals surface area contributed by atoms with Crippen molar-refractivity contribution >= 4 is 11.6 Å². The minimum absolute atomic E-state index is 0.00847. The fraction of sp³-hybridized carbons (Fsp3) is 0.133. The van der Waals surface area contributed by atoms with Gasteiger partial charge in [0.2, 0.25) is 0 Å². The zero-order valence-electron chi connectivity index (χ0n) is 10.2. The van der Waals surface area contributed by atoms with Gasteiger partial charge in [0, 0.05) is 6.07 Å². The van der Waals surface area contributed by atoms with E-state index >= 15 is 0 Å². The van der Waals surface area contributed by atoms with E-state index in [9.17, 15) is 9.18 Å². The standard InChI is InChI=1S/C15H12FNO2/c16-12-6-7-14-13(8-12)17(15(18)10-19-14)9-11-4-2-1-3-5-11/h1-8H,9-10H2. The number of halogens is 1. The molecule has 0 saturated carbocycles. The Morgan fingerprint density at radius 1 is 1.16 bits per heavy atom. The van der Waals surface area contributed by atoms with E-state index in [1.165, 1.54) is 12.1 Å². The van der Waals surface area contributed by atoms with Crippen molar-refractivity contribution in [2.45, 2.75) is 6.54 Å². The SMILES string of the molecule is O=C1COc2ccc(F)cc2N1Cc1ccccc1. The predicted molar refractivity (Wildman–Crippen MR) is 69.5 cm³/mol. The molecule has 0 unspecified atom stereocenters. The first-order chi connectivity index (χ1) is 9.24. The lowest BCUT2D eigenvalue weighted by atomic mass is 10.1. The second kappa shape index (κ2) is 4.72. The number of carbonyl (C=O) groups is 1. The average molecular weight is 257 g/mol. The summed E-state index contributed by atoms with van der Waals surface area (Å²) in [5.41, 5.74) is 1.48. The maximum atomic E-state index is 13.3. The van der Waals surface area contributed by atoms with Crippen molar-refractivity contribution in [1.29, 1.82) is 0 Å². The monoisotopic (exact) mass is 257 g/mol. The number of hydrogen-bond acceptors (Lipinski definition) is 2. The minimum Gasteiger partial charge on any atom is -0.482 e. The molecule has 4 heteroatoms. The molecule has 0 saturated heterocycles. The van der Waals surface area contributed by atoms with E-state index in [1.54, 1.807) is 11.0 Å². The highest BCUT2D eigenvalue weighted by molar-refractivity contribution is 5.97. The Hall–Kier alpha value is -2.36. The molecule has 0 atom stereocenters. The first-order valence-corrected chi connectivity index (χ1v) is 6.01. The minimum atomic E-state index is -0.380. The van der Waals surface area contributed by atoms with Gasteiger partial charge in [-0.15, -0.1) is 0 Å². The lowest BCUT2D eigenvalue weighted by Gasteiger charge is -2.29. The molecule has 1 amide bonds. The van der Waals surface area contributed by atoms with E-state index in [-0.39, 0.29) is 18.3 Å². The van der Waals surface area contributed by atoms with Crippen LogP contribution in [0.3, 0.4) is 0 Å². The molecule has 1 heterocycles. The summed E-state index contributed by atoms with van der Waals surface area (Å²) in [5, 5.41) is 0. The maximum absolute atomic E-state index is 13.3. The van der Waals surface area contributed by atoms with Gasteiger partial charge < -0.3 is 9.64 Å². The Balaban J connectivity index is 1.97. The summed E-state index contributed by atoms with van der Waals surface area (Å²) in [5.74, 6) is -0.00556. The van der Waals surface area contributed by atoms with Crippen LogP contribution in [0.1, 0.15) is 5.56 Å². The van der Waals surface area contributed by atoms with Crippen LogP contribution in [-0.2, 0) is 11.3 Å². The topological polar surface area (TPSA) is 29.5 Å². The van der Waals surface area contributed by atoms with Crippen LogP contribution in [0.2, 0.25) is 0 Å². The lowest BCUT2D eigenvalue weighted by molar-refractivity contribution is -0.121. The number of fused-ring (bicyclic) bond motifs is 1. The van der Waals surface area contributed by atoms with Crippen molar-refractivity contribution in [2.75, 3.05) is 11.5 Å². The summed E-state index contributed by atoms with van der Waals surface area (Å²) in [4.78, 5) is 13.5. The van der Waals surface area contributed by atoms with Gasteiger partial charge in [-0.3, -0.25) is 4.79 Å². The number of benzene rings is 2. The van der Waals surface area contributed by atoms with Gasteiger partial charge in [0.1, 0.15) is 11.6 Å². The van der Waals surface area contributed by atoms with Crippen molar-refractivity contribution in [3.8, 4) is 5.75 Å². The number of carbonyl (C=O) groups excluding carboxylic acids is 1. The Morgan fingerprint density at radius 2 is 1.95 bits per heavy atom. The number of hydrogen-bond donors (Lipinski definition) is 0. The number of nitrogens with zero attached hydrogens (tertiary/aromatic N) is 1. The first kappa shape index (κ1) is 11.7. The molecular weight excluding hydrogens is 245 g/mol. The number of anilines is 1. The van der Waals surface area contributed by atoms with Crippen LogP contribution in [0.25, 0.3) is 0 Å². The number of ether oxygens (including phenoxy) is 1. The Labute approximate surface area is 110 Å². The van der Waals surface area contributed by atoms with Gasteiger partial charge >= 0.3 is 0 Å². The highest BCUT2D eigenvalue weighted by atomic mass is 19.1. The molecule has 0 N–H and O–H groups in total. The fourth-order valence-corrected chi connectivity index (χ4v) is 2.11. The normalized spacial score (nSPS) is 13.9. The molecule has 0 bridgehead atoms. The third kappa shape index (κ3) is 2.29. The number of amides is 1. The van der Waals surface area contributed by atoms with Crippen LogP contribution >= 0.6 is 0 Å². The molecule has 0 aromatic heterocycles. The third-order valence-corrected chi connectivity index (χ3v) is 3.05. The molecule has 96 valence electrons. The van der Waals surface area contributed by atoms with Gasteiger partial charge in [0.05, 0.1) is 12.2 Å². The summed E-state index contributed by atoms with van der Waals surface area (Å²) in [6, 6.07) is 13.8. The van der Waals surface area contributed by atoms with E-state index in [1.807, 2.05) is 30.3 Å². The Morgan fingerprint density at radius 3 is 2.74 bits per heavy atom. The zero-order valence-corrected chi connectivity index (χ0v) is 10.2. The summed E-state index contributed by atoms with van der Waals surface area (Å²) >= 11 is 0. The van der Waals surface area contributed by atoms with Gasteiger partial charge in [-0.2, -0.15) is 0 Å². The van der Waals surface area contributed by atoms with Gasteiger partial charge in [0.25, 0.3) is 5.91 Å². The summed E-state index contributed by atoms with van der Waals surface area (Å²) < 4.78 is 18.6. The molecule has 2 aromatic carbocycles.